The summed E-state index contributed by atoms with van der Waals surface area (Å²) in [5.74, 6) is -2.24. The standard InChI is InChI=1S/C12H10N2O4/c13-9-4-6(12(17)18)2-8-7(9)1-5(11(15)16)3-10(8)14/h1-4H,13-14H2,(H,15,16)(H,17,18). The van der Waals surface area contributed by atoms with Gasteiger partial charge in [-0.05, 0) is 24.3 Å². The molecule has 0 fully saturated rings. The first-order valence-electron chi connectivity index (χ1n) is 4.99. The van der Waals surface area contributed by atoms with Crippen molar-refractivity contribution in [3.05, 3.63) is 35.4 Å². The lowest BCUT2D eigenvalue weighted by Gasteiger charge is -2.08. The van der Waals surface area contributed by atoms with Crippen LogP contribution in [0.2, 0.25) is 0 Å². The molecule has 0 saturated carbocycles. The average molecular weight is 246 g/mol. The van der Waals surface area contributed by atoms with Gasteiger partial charge in [-0.15, -0.1) is 0 Å². The normalized spacial score (nSPS) is 10.4. The van der Waals surface area contributed by atoms with Crippen LogP contribution in [-0.2, 0) is 0 Å². The van der Waals surface area contributed by atoms with Crippen LogP contribution < -0.4 is 11.5 Å². The van der Waals surface area contributed by atoms with Crippen molar-refractivity contribution < 1.29 is 19.8 Å². The maximum atomic E-state index is 10.9. The predicted octanol–water partition coefficient (Wildman–Crippen LogP) is 1.40. The van der Waals surface area contributed by atoms with E-state index in [4.69, 9.17) is 21.7 Å². The summed E-state index contributed by atoms with van der Waals surface area (Å²) in [6.07, 6.45) is 0. The van der Waals surface area contributed by atoms with Crippen molar-refractivity contribution in [2.75, 3.05) is 11.5 Å². The van der Waals surface area contributed by atoms with E-state index in [1.54, 1.807) is 0 Å². The van der Waals surface area contributed by atoms with Crippen molar-refractivity contribution in [2.24, 2.45) is 0 Å². The van der Waals surface area contributed by atoms with Gasteiger partial charge in [0.05, 0.1) is 11.1 Å². The number of carboxylic acid groups (broad SMARTS) is 2. The molecule has 2 aromatic rings. The summed E-state index contributed by atoms with van der Waals surface area (Å²) in [6, 6.07) is 5.29. The molecule has 0 bridgehead atoms. The van der Waals surface area contributed by atoms with E-state index in [9.17, 15) is 9.59 Å². The van der Waals surface area contributed by atoms with Gasteiger partial charge in [-0.25, -0.2) is 9.59 Å². The fourth-order valence-electron chi connectivity index (χ4n) is 1.77. The molecule has 0 amide bonds. The summed E-state index contributed by atoms with van der Waals surface area (Å²) < 4.78 is 0. The van der Waals surface area contributed by atoms with Crippen molar-refractivity contribution in [2.45, 2.75) is 0 Å². The minimum Gasteiger partial charge on any atom is -0.478 e. The highest BCUT2D eigenvalue weighted by molar-refractivity contribution is 6.08. The van der Waals surface area contributed by atoms with E-state index in [2.05, 4.69) is 0 Å². The van der Waals surface area contributed by atoms with Crippen molar-refractivity contribution in [1.82, 2.24) is 0 Å². The number of hydrogen-bond donors (Lipinski definition) is 4. The molecular formula is C12H10N2O4. The minimum absolute atomic E-state index is 0.00905. The fourth-order valence-corrected chi connectivity index (χ4v) is 1.77. The summed E-state index contributed by atoms with van der Waals surface area (Å²) in [4.78, 5) is 21.8. The lowest BCUT2D eigenvalue weighted by molar-refractivity contribution is 0.0686. The van der Waals surface area contributed by atoms with Crippen LogP contribution in [0.15, 0.2) is 24.3 Å². The Bertz CT molecular complexity index is 620. The first-order valence-corrected chi connectivity index (χ1v) is 4.99. The van der Waals surface area contributed by atoms with E-state index in [-0.39, 0.29) is 22.5 Å². The van der Waals surface area contributed by atoms with Crippen LogP contribution in [0.25, 0.3) is 10.8 Å². The summed E-state index contributed by atoms with van der Waals surface area (Å²) in [5.41, 5.74) is 11.8. The Kier molecular flexibility index (Phi) is 2.55. The number of benzene rings is 2. The maximum Gasteiger partial charge on any atom is 0.335 e. The Morgan fingerprint density at radius 2 is 1.11 bits per heavy atom. The van der Waals surface area contributed by atoms with E-state index < -0.39 is 11.9 Å². The van der Waals surface area contributed by atoms with Crippen LogP contribution in [0.3, 0.4) is 0 Å². The molecule has 0 spiro atoms. The zero-order chi connectivity index (χ0) is 13.4. The summed E-state index contributed by atoms with van der Waals surface area (Å²) >= 11 is 0. The first kappa shape index (κ1) is 11.7. The zero-order valence-corrected chi connectivity index (χ0v) is 9.18. The van der Waals surface area contributed by atoms with Gasteiger partial charge in [-0.3, -0.25) is 0 Å². The molecule has 0 atom stereocenters. The van der Waals surface area contributed by atoms with Gasteiger partial charge in [0.25, 0.3) is 0 Å². The van der Waals surface area contributed by atoms with Gasteiger partial charge in [0, 0.05) is 22.1 Å². The molecule has 0 radical (unpaired) electrons. The van der Waals surface area contributed by atoms with Crippen molar-refractivity contribution >= 4 is 34.1 Å². The Hall–Kier alpha value is -2.76. The number of rotatable bonds is 2. The van der Waals surface area contributed by atoms with Crippen molar-refractivity contribution in [3.63, 3.8) is 0 Å². The minimum atomic E-state index is -1.12. The van der Waals surface area contributed by atoms with Gasteiger partial charge < -0.3 is 21.7 Å². The van der Waals surface area contributed by atoms with E-state index in [1.165, 1.54) is 24.3 Å². The lowest BCUT2D eigenvalue weighted by atomic mass is 10.0. The number of carbonyl (C=O) groups is 2. The predicted molar refractivity (Wildman–Crippen MR) is 66.7 cm³/mol. The summed E-state index contributed by atoms with van der Waals surface area (Å²) in [5, 5.41) is 18.7. The number of fused-ring (bicyclic) bond motifs is 1. The monoisotopic (exact) mass is 246 g/mol. The molecule has 6 nitrogen and oxygen atoms in total. The molecule has 0 aliphatic rings. The third-order valence-electron chi connectivity index (χ3n) is 2.63. The van der Waals surface area contributed by atoms with Crippen molar-refractivity contribution in [1.29, 1.82) is 0 Å². The molecule has 92 valence electrons. The van der Waals surface area contributed by atoms with Gasteiger partial charge in [0.1, 0.15) is 0 Å². The Balaban J connectivity index is 2.83. The maximum absolute atomic E-state index is 10.9. The molecule has 0 unspecified atom stereocenters. The zero-order valence-electron chi connectivity index (χ0n) is 9.18. The highest BCUT2D eigenvalue weighted by Crippen LogP contribution is 2.29. The second-order valence-corrected chi connectivity index (χ2v) is 3.84. The second kappa shape index (κ2) is 3.92. The number of nitrogens with two attached hydrogens (primary N) is 2. The second-order valence-electron chi connectivity index (χ2n) is 3.84. The van der Waals surface area contributed by atoms with E-state index in [1.807, 2.05) is 0 Å². The molecule has 0 aliphatic carbocycles. The van der Waals surface area contributed by atoms with Crippen LogP contribution in [0.1, 0.15) is 20.7 Å². The van der Waals surface area contributed by atoms with Crippen LogP contribution in [0.5, 0.6) is 0 Å². The van der Waals surface area contributed by atoms with Gasteiger partial charge >= 0.3 is 11.9 Å². The summed E-state index contributed by atoms with van der Waals surface area (Å²) in [7, 11) is 0. The topological polar surface area (TPSA) is 127 Å². The SMILES string of the molecule is Nc1cc(C(=O)O)cc2c(N)cc(C(=O)O)cc12. The fraction of sp³-hybridized carbons (Fsp3) is 0. The van der Waals surface area contributed by atoms with E-state index in [0.717, 1.165) is 0 Å². The van der Waals surface area contributed by atoms with Crippen LogP contribution in [0.4, 0.5) is 11.4 Å². The van der Waals surface area contributed by atoms with Gasteiger partial charge in [0.2, 0.25) is 0 Å². The number of aromatic carboxylic acids is 2. The highest BCUT2D eigenvalue weighted by atomic mass is 16.4. The third-order valence-corrected chi connectivity index (χ3v) is 2.63. The molecule has 0 aromatic heterocycles. The summed E-state index contributed by atoms with van der Waals surface area (Å²) in [6.45, 7) is 0. The van der Waals surface area contributed by atoms with Crippen molar-refractivity contribution in [3.8, 4) is 0 Å². The third kappa shape index (κ3) is 1.80. The number of carboxylic acids is 2. The van der Waals surface area contributed by atoms with Gasteiger partial charge in [0.15, 0.2) is 0 Å². The molecular weight excluding hydrogens is 236 g/mol. The van der Waals surface area contributed by atoms with E-state index in [0.29, 0.717) is 10.8 Å². The largest absolute Gasteiger partial charge is 0.478 e. The average Bonchev–Trinajstić information content (AvgIpc) is 2.29. The smallest absolute Gasteiger partial charge is 0.335 e. The molecule has 0 saturated heterocycles. The molecule has 0 aliphatic heterocycles. The van der Waals surface area contributed by atoms with E-state index >= 15 is 0 Å². The van der Waals surface area contributed by atoms with Crippen LogP contribution >= 0.6 is 0 Å². The molecule has 6 N–H and O–H groups in total. The quantitative estimate of drug-likeness (QED) is 0.593. The molecule has 0 heterocycles. The molecule has 18 heavy (non-hydrogen) atoms. The molecule has 2 aromatic carbocycles. The number of hydrogen-bond acceptors (Lipinski definition) is 4. The molecule has 6 heteroatoms. The molecule has 2 rings (SSSR count). The lowest BCUT2D eigenvalue weighted by Crippen LogP contribution is -2.03. The Morgan fingerprint density at radius 1 is 0.778 bits per heavy atom. The Labute approximate surface area is 101 Å². The Morgan fingerprint density at radius 3 is 1.39 bits per heavy atom. The van der Waals surface area contributed by atoms with Crippen LogP contribution in [-0.4, -0.2) is 22.2 Å². The van der Waals surface area contributed by atoms with Gasteiger partial charge in [-0.1, -0.05) is 0 Å². The van der Waals surface area contributed by atoms with Gasteiger partial charge in [-0.2, -0.15) is 0 Å². The first-order chi connectivity index (χ1) is 8.40. The number of nitrogen functional groups attached to an aromatic ring is 2. The number of anilines is 2. The highest BCUT2D eigenvalue weighted by Gasteiger charge is 2.12. The van der Waals surface area contributed by atoms with Crippen LogP contribution in [0, 0.1) is 0 Å².